The lowest BCUT2D eigenvalue weighted by Crippen LogP contribution is -2.46. The van der Waals surface area contributed by atoms with E-state index in [1.54, 1.807) is 0 Å². The molecule has 2 aliphatic heterocycles. The molecule has 2 fully saturated rings. The van der Waals surface area contributed by atoms with Crippen LogP contribution in [0.25, 0.3) is 0 Å². The summed E-state index contributed by atoms with van der Waals surface area (Å²) in [6.07, 6.45) is 6.73. The van der Waals surface area contributed by atoms with Gasteiger partial charge in [-0.3, -0.25) is 14.5 Å². The fourth-order valence-corrected chi connectivity index (χ4v) is 3.35. The topological polar surface area (TPSA) is 49.4 Å². The zero-order valence-electron chi connectivity index (χ0n) is 10.7. The largest absolute Gasteiger partial charge is 0.313 e. The summed E-state index contributed by atoms with van der Waals surface area (Å²) in [5.74, 6) is 0.441. The van der Waals surface area contributed by atoms with Gasteiger partial charge in [-0.2, -0.15) is 0 Å². The molecule has 0 aromatic heterocycles. The van der Waals surface area contributed by atoms with Crippen molar-refractivity contribution in [2.75, 3.05) is 19.6 Å². The Morgan fingerprint density at radius 3 is 2.56 bits per heavy atom. The lowest BCUT2D eigenvalue weighted by atomic mass is 9.96. The quantitative estimate of drug-likeness (QED) is 0.600. The van der Waals surface area contributed by atoms with Gasteiger partial charge in [0.25, 0.3) is 0 Å². The molecule has 1 saturated heterocycles. The molecule has 3 rings (SSSR count). The van der Waals surface area contributed by atoms with Crippen LogP contribution < -0.4 is 5.32 Å². The van der Waals surface area contributed by atoms with Gasteiger partial charge in [0.2, 0.25) is 11.8 Å². The highest BCUT2D eigenvalue weighted by atomic mass is 16.2. The van der Waals surface area contributed by atoms with Crippen molar-refractivity contribution in [1.29, 1.82) is 0 Å². The molecule has 18 heavy (non-hydrogen) atoms. The Morgan fingerprint density at radius 1 is 1.22 bits per heavy atom. The summed E-state index contributed by atoms with van der Waals surface area (Å²) >= 11 is 0. The summed E-state index contributed by atoms with van der Waals surface area (Å²) in [6, 6.07) is 0. The van der Waals surface area contributed by atoms with E-state index in [0.717, 1.165) is 45.2 Å². The Hall–Kier alpha value is -1.16. The fraction of sp³-hybridized carbons (Fsp3) is 0.714. The number of carbonyl (C=O) groups excluding carboxylic acids is 2. The normalized spacial score (nSPS) is 31.8. The first-order valence-electron chi connectivity index (χ1n) is 6.99. The second-order valence-electron chi connectivity index (χ2n) is 5.60. The first-order valence-corrected chi connectivity index (χ1v) is 6.99. The van der Waals surface area contributed by atoms with Crippen LogP contribution in [-0.4, -0.2) is 36.3 Å². The monoisotopic (exact) mass is 248 g/mol. The van der Waals surface area contributed by atoms with Crippen LogP contribution in [0.4, 0.5) is 0 Å². The summed E-state index contributed by atoms with van der Waals surface area (Å²) < 4.78 is 0. The van der Waals surface area contributed by atoms with E-state index >= 15 is 0 Å². The summed E-state index contributed by atoms with van der Waals surface area (Å²) in [6.45, 7) is 2.53. The van der Waals surface area contributed by atoms with Crippen molar-refractivity contribution in [2.24, 2.45) is 11.8 Å². The summed E-state index contributed by atoms with van der Waals surface area (Å²) in [4.78, 5) is 25.8. The van der Waals surface area contributed by atoms with E-state index < -0.39 is 0 Å². The number of likely N-dealkylation sites (tertiary alicyclic amines) is 1. The number of fused-ring (bicyclic) bond motifs is 2. The number of imide groups is 1. The van der Waals surface area contributed by atoms with Gasteiger partial charge in [-0.1, -0.05) is 11.6 Å². The van der Waals surface area contributed by atoms with Gasteiger partial charge in [0.05, 0.1) is 0 Å². The van der Waals surface area contributed by atoms with Crippen molar-refractivity contribution in [3.8, 4) is 0 Å². The van der Waals surface area contributed by atoms with Gasteiger partial charge >= 0.3 is 0 Å². The van der Waals surface area contributed by atoms with E-state index in [1.807, 2.05) is 0 Å². The molecule has 3 aliphatic rings. The van der Waals surface area contributed by atoms with Gasteiger partial charge < -0.3 is 5.32 Å². The Balaban J connectivity index is 1.63. The van der Waals surface area contributed by atoms with Crippen LogP contribution >= 0.6 is 0 Å². The first kappa shape index (κ1) is 11.9. The lowest BCUT2D eigenvalue weighted by Gasteiger charge is -2.30. The van der Waals surface area contributed by atoms with Crippen molar-refractivity contribution >= 4 is 11.8 Å². The Kier molecular flexibility index (Phi) is 3.20. The smallest absolute Gasteiger partial charge is 0.232 e. The SMILES string of the molecule is O=C1C2CCC(C2)C(=O)N1CCC1=CCNCC1. The van der Waals surface area contributed by atoms with Crippen LogP contribution in [0.1, 0.15) is 32.1 Å². The maximum atomic E-state index is 12.1. The standard InChI is InChI=1S/C14H20N2O2/c17-13-11-1-2-12(9-11)14(18)16(13)8-5-10-3-6-15-7-4-10/h3,11-12,15H,1-2,4-9H2. The van der Waals surface area contributed by atoms with E-state index in [0.29, 0.717) is 6.54 Å². The Bertz CT molecular complexity index is 381. The molecular weight excluding hydrogens is 228 g/mol. The molecule has 98 valence electrons. The molecule has 4 heteroatoms. The van der Waals surface area contributed by atoms with E-state index in [4.69, 9.17) is 0 Å². The van der Waals surface area contributed by atoms with Crippen molar-refractivity contribution in [1.82, 2.24) is 10.2 Å². The highest BCUT2D eigenvalue weighted by Gasteiger charge is 2.44. The van der Waals surface area contributed by atoms with Crippen molar-refractivity contribution in [3.63, 3.8) is 0 Å². The van der Waals surface area contributed by atoms with Crippen molar-refractivity contribution in [3.05, 3.63) is 11.6 Å². The number of carbonyl (C=O) groups is 2. The van der Waals surface area contributed by atoms with Crippen LogP contribution in [0.2, 0.25) is 0 Å². The van der Waals surface area contributed by atoms with Crippen LogP contribution in [0.15, 0.2) is 11.6 Å². The number of hydrogen-bond donors (Lipinski definition) is 1. The molecule has 2 atom stereocenters. The maximum Gasteiger partial charge on any atom is 0.232 e. The van der Waals surface area contributed by atoms with Crippen molar-refractivity contribution < 1.29 is 9.59 Å². The van der Waals surface area contributed by atoms with Crippen molar-refractivity contribution in [2.45, 2.75) is 32.1 Å². The average molecular weight is 248 g/mol. The summed E-state index contributed by atoms with van der Waals surface area (Å²) in [7, 11) is 0. The molecule has 2 heterocycles. The van der Waals surface area contributed by atoms with E-state index in [2.05, 4.69) is 11.4 Å². The minimum absolute atomic E-state index is 0.0864. The second-order valence-corrected chi connectivity index (χ2v) is 5.60. The highest BCUT2D eigenvalue weighted by molar-refractivity contribution is 6.00. The molecule has 0 aromatic carbocycles. The van der Waals surface area contributed by atoms with Gasteiger partial charge in [-0.25, -0.2) is 0 Å². The van der Waals surface area contributed by atoms with E-state index in [9.17, 15) is 9.59 Å². The number of nitrogens with zero attached hydrogens (tertiary/aromatic N) is 1. The zero-order valence-corrected chi connectivity index (χ0v) is 10.7. The fourth-order valence-electron chi connectivity index (χ4n) is 3.35. The van der Waals surface area contributed by atoms with Gasteiger partial charge in [-0.15, -0.1) is 0 Å². The highest BCUT2D eigenvalue weighted by Crippen LogP contribution is 2.38. The average Bonchev–Trinajstić information content (AvgIpc) is 2.85. The van der Waals surface area contributed by atoms with Gasteiger partial charge in [0.15, 0.2) is 0 Å². The minimum Gasteiger partial charge on any atom is -0.313 e. The molecule has 2 amide bonds. The van der Waals surface area contributed by atoms with Crippen LogP contribution in [0.3, 0.4) is 0 Å². The summed E-state index contributed by atoms with van der Waals surface area (Å²) in [5.41, 5.74) is 1.38. The van der Waals surface area contributed by atoms with E-state index in [-0.39, 0.29) is 23.7 Å². The number of piperidine rings is 1. The molecule has 1 N–H and O–H groups in total. The molecule has 2 bridgehead atoms. The zero-order chi connectivity index (χ0) is 12.5. The number of hydrogen-bond acceptors (Lipinski definition) is 3. The van der Waals surface area contributed by atoms with Gasteiger partial charge in [-0.05, 0) is 38.6 Å². The van der Waals surface area contributed by atoms with Crippen LogP contribution in [-0.2, 0) is 9.59 Å². The number of amides is 2. The minimum atomic E-state index is 0.0864. The third-order valence-electron chi connectivity index (χ3n) is 4.48. The van der Waals surface area contributed by atoms with Crippen LogP contribution in [0, 0.1) is 11.8 Å². The third-order valence-corrected chi connectivity index (χ3v) is 4.48. The molecule has 0 aromatic rings. The number of rotatable bonds is 3. The van der Waals surface area contributed by atoms with Crippen LogP contribution in [0.5, 0.6) is 0 Å². The predicted octanol–water partition coefficient (Wildman–Crippen LogP) is 1.08. The molecule has 0 spiro atoms. The van der Waals surface area contributed by atoms with Gasteiger partial charge in [0.1, 0.15) is 0 Å². The molecule has 2 unspecified atom stereocenters. The Morgan fingerprint density at radius 2 is 1.94 bits per heavy atom. The number of nitrogens with one attached hydrogen (secondary N) is 1. The lowest BCUT2D eigenvalue weighted by molar-refractivity contribution is -0.152. The molecule has 4 nitrogen and oxygen atoms in total. The van der Waals surface area contributed by atoms with E-state index in [1.165, 1.54) is 10.5 Å². The molecule has 0 radical (unpaired) electrons. The van der Waals surface area contributed by atoms with Gasteiger partial charge in [0, 0.05) is 24.9 Å². The summed E-state index contributed by atoms with van der Waals surface area (Å²) in [5, 5.41) is 3.27. The second kappa shape index (κ2) is 4.84. The molecular formula is C14H20N2O2. The maximum absolute atomic E-state index is 12.1. The first-order chi connectivity index (χ1) is 8.75. The molecule has 1 saturated carbocycles. The predicted molar refractivity (Wildman–Crippen MR) is 67.7 cm³/mol. The Labute approximate surface area is 107 Å². The molecule has 1 aliphatic carbocycles. The third kappa shape index (κ3) is 2.09.